The number of rotatable bonds is 3. The standard InChI is InChI=1S/C16H18N2O3/c1-2-8-16-11-13(19)18(16)10-9-17(15(16)21)14(20)12-6-4-3-5-7-12/h3-7H,2,8-11H2,1H3. The van der Waals surface area contributed by atoms with Crippen molar-refractivity contribution in [3.63, 3.8) is 0 Å². The predicted octanol–water partition coefficient (Wildman–Crippen LogP) is 1.44. The van der Waals surface area contributed by atoms with Crippen molar-refractivity contribution in [1.82, 2.24) is 9.80 Å². The summed E-state index contributed by atoms with van der Waals surface area (Å²) in [5.41, 5.74) is -0.259. The van der Waals surface area contributed by atoms with Crippen LogP contribution >= 0.6 is 0 Å². The highest BCUT2D eigenvalue weighted by Crippen LogP contribution is 2.40. The van der Waals surface area contributed by atoms with Crippen LogP contribution in [0.3, 0.4) is 0 Å². The Labute approximate surface area is 123 Å². The lowest BCUT2D eigenvalue weighted by Gasteiger charge is -2.55. The van der Waals surface area contributed by atoms with Gasteiger partial charge in [-0.2, -0.15) is 0 Å². The number of carbonyl (C=O) groups is 3. The SMILES string of the molecule is CCCC12CC(=O)N1CCN(C(=O)c1ccccc1)C2=O. The Balaban J connectivity index is 1.87. The highest BCUT2D eigenvalue weighted by molar-refractivity contribution is 6.12. The van der Waals surface area contributed by atoms with Crippen molar-refractivity contribution < 1.29 is 14.4 Å². The lowest BCUT2D eigenvalue weighted by atomic mass is 9.77. The van der Waals surface area contributed by atoms with Gasteiger partial charge in [-0.15, -0.1) is 0 Å². The number of fused-ring (bicyclic) bond motifs is 1. The van der Waals surface area contributed by atoms with E-state index >= 15 is 0 Å². The van der Waals surface area contributed by atoms with Gasteiger partial charge in [0.2, 0.25) is 5.91 Å². The third-order valence-electron chi connectivity index (χ3n) is 4.38. The van der Waals surface area contributed by atoms with E-state index in [-0.39, 0.29) is 30.7 Å². The summed E-state index contributed by atoms with van der Waals surface area (Å²) in [6, 6.07) is 8.81. The molecule has 1 aromatic carbocycles. The minimum absolute atomic E-state index is 0.0172. The fraction of sp³-hybridized carbons (Fsp3) is 0.438. The molecule has 5 nitrogen and oxygen atoms in total. The monoisotopic (exact) mass is 286 g/mol. The van der Waals surface area contributed by atoms with Crippen molar-refractivity contribution in [2.24, 2.45) is 0 Å². The Morgan fingerprint density at radius 3 is 2.52 bits per heavy atom. The Bertz CT molecular complexity index is 599. The molecule has 1 unspecified atom stereocenters. The second-order valence-corrected chi connectivity index (χ2v) is 5.63. The first-order chi connectivity index (χ1) is 10.1. The molecule has 1 aromatic rings. The van der Waals surface area contributed by atoms with Gasteiger partial charge in [0.1, 0.15) is 5.54 Å². The van der Waals surface area contributed by atoms with Crippen LogP contribution in [-0.2, 0) is 9.59 Å². The van der Waals surface area contributed by atoms with E-state index in [0.29, 0.717) is 18.5 Å². The molecule has 0 bridgehead atoms. The van der Waals surface area contributed by atoms with Crippen molar-refractivity contribution in [2.45, 2.75) is 31.7 Å². The molecule has 21 heavy (non-hydrogen) atoms. The maximum absolute atomic E-state index is 12.8. The van der Waals surface area contributed by atoms with Gasteiger partial charge in [-0.1, -0.05) is 31.5 Å². The number of benzene rings is 1. The van der Waals surface area contributed by atoms with Gasteiger partial charge in [0.15, 0.2) is 0 Å². The van der Waals surface area contributed by atoms with Gasteiger partial charge in [-0.05, 0) is 18.6 Å². The zero-order valence-corrected chi connectivity index (χ0v) is 12.0. The van der Waals surface area contributed by atoms with E-state index in [4.69, 9.17) is 0 Å². The number of imide groups is 1. The molecule has 0 spiro atoms. The van der Waals surface area contributed by atoms with Gasteiger partial charge in [0.05, 0.1) is 6.42 Å². The fourth-order valence-electron chi connectivity index (χ4n) is 3.35. The molecule has 3 rings (SSSR count). The first kappa shape index (κ1) is 13.8. The summed E-state index contributed by atoms with van der Waals surface area (Å²) >= 11 is 0. The summed E-state index contributed by atoms with van der Waals surface area (Å²) in [6.45, 7) is 2.72. The van der Waals surface area contributed by atoms with E-state index in [9.17, 15) is 14.4 Å². The minimum atomic E-state index is -0.769. The van der Waals surface area contributed by atoms with Crippen molar-refractivity contribution in [1.29, 1.82) is 0 Å². The van der Waals surface area contributed by atoms with Crippen LogP contribution in [0.15, 0.2) is 30.3 Å². The molecule has 2 aliphatic rings. The highest BCUT2D eigenvalue weighted by Gasteiger charge is 2.60. The summed E-state index contributed by atoms with van der Waals surface area (Å²) < 4.78 is 0. The van der Waals surface area contributed by atoms with E-state index < -0.39 is 5.54 Å². The topological polar surface area (TPSA) is 57.7 Å². The van der Waals surface area contributed by atoms with Crippen LogP contribution in [0.2, 0.25) is 0 Å². The molecule has 0 aliphatic carbocycles. The first-order valence-electron chi connectivity index (χ1n) is 7.32. The highest BCUT2D eigenvalue weighted by atomic mass is 16.2. The predicted molar refractivity (Wildman–Crippen MR) is 76.5 cm³/mol. The zero-order chi connectivity index (χ0) is 15.0. The van der Waals surface area contributed by atoms with E-state index in [1.54, 1.807) is 29.2 Å². The van der Waals surface area contributed by atoms with E-state index in [1.165, 1.54) is 4.90 Å². The molecule has 2 fully saturated rings. The molecule has 0 radical (unpaired) electrons. The molecular formula is C16H18N2O3. The minimum Gasteiger partial charge on any atom is -0.326 e. The molecule has 0 aromatic heterocycles. The van der Waals surface area contributed by atoms with Crippen molar-refractivity contribution in [2.75, 3.05) is 13.1 Å². The molecule has 0 saturated carbocycles. The molecule has 2 aliphatic heterocycles. The Kier molecular flexibility index (Phi) is 3.27. The average molecular weight is 286 g/mol. The third-order valence-corrected chi connectivity index (χ3v) is 4.38. The quantitative estimate of drug-likeness (QED) is 0.624. The largest absolute Gasteiger partial charge is 0.326 e. The molecule has 2 heterocycles. The van der Waals surface area contributed by atoms with E-state index in [0.717, 1.165) is 6.42 Å². The van der Waals surface area contributed by atoms with Crippen LogP contribution < -0.4 is 0 Å². The average Bonchev–Trinajstić information content (AvgIpc) is 2.49. The molecule has 110 valence electrons. The van der Waals surface area contributed by atoms with E-state index in [2.05, 4.69) is 0 Å². The lowest BCUT2D eigenvalue weighted by molar-refractivity contribution is -0.177. The number of β-lactam (4-membered cyclic amide) rings is 1. The fourth-order valence-corrected chi connectivity index (χ4v) is 3.35. The van der Waals surface area contributed by atoms with Gasteiger partial charge in [0, 0.05) is 18.7 Å². The van der Waals surface area contributed by atoms with Crippen molar-refractivity contribution in [3.8, 4) is 0 Å². The van der Waals surface area contributed by atoms with Crippen LogP contribution in [0.5, 0.6) is 0 Å². The first-order valence-corrected chi connectivity index (χ1v) is 7.32. The molecule has 2 saturated heterocycles. The third kappa shape index (κ3) is 1.95. The number of amides is 3. The van der Waals surface area contributed by atoms with Crippen LogP contribution in [0.1, 0.15) is 36.5 Å². The molecular weight excluding hydrogens is 268 g/mol. The normalized spacial score (nSPS) is 24.6. The summed E-state index contributed by atoms with van der Waals surface area (Å²) in [6.07, 6.45) is 1.66. The molecule has 5 heteroatoms. The second kappa shape index (κ2) is 4.98. The number of hydrogen-bond acceptors (Lipinski definition) is 3. The zero-order valence-electron chi connectivity index (χ0n) is 12.0. The van der Waals surface area contributed by atoms with Gasteiger partial charge in [0.25, 0.3) is 11.8 Å². The second-order valence-electron chi connectivity index (χ2n) is 5.63. The van der Waals surface area contributed by atoms with Crippen LogP contribution in [-0.4, -0.2) is 46.1 Å². The summed E-state index contributed by atoms with van der Waals surface area (Å²) in [7, 11) is 0. The Morgan fingerprint density at radius 1 is 1.19 bits per heavy atom. The van der Waals surface area contributed by atoms with Gasteiger partial charge in [-0.25, -0.2) is 0 Å². The molecule has 1 atom stereocenters. The Hall–Kier alpha value is -2.17. The molecule has 0 N–H and O–H groups in total. The maximum Gasteiger partial charge on any atom is 0.260 e. The summed E-state index contributed by atoms with van der Waals surface area (Å²) in [5.74, 6) is -0.470. The smallest absolute Gasteiger partial charge is 0.260 e. The van der Waals surface area contributed by atoms with Gasteiger partial charge >= 0.3 is 0 Å². The maximum atomic E-state index is 12.8. The van der Waals surface area contributed by atoms with Crippen molar-refractivity contribution >= 4 is 17.7 Å². The van der Waals surface area contributed by atoms with Crippen LogP contribution in [0.25, 0.3) is 0 Å². The van der Waals surface area contributed by atoms with Crippen molar-refractivity contribution in [3.05, 3.63) is 35.9 Å². The number of carbonyl (C=O) groups excluding carboxylic acids is 3. The number of hydrogen-bond donors (Lipinski definition) is 0. The van der Waals surface area contributed by atoms with Gasteiger partial charge < -0.3 is 4.90 Å². The van der Waals surface area contributed by atoms with Gasteiger partial charge in [-0.3, -0.25) is 19.3 Å². The number of piperazine rings is 1. The Morgan fingerprint density at radius 2 is 1.90 bits per heavy atom. The summed E-state index contributed by atoms with van der Waals surface area (Å²) in [4.78, 5) is 40.0. The number of nitrogens with zero attached hydrogens (tertiary/aromatic N) is 2. The molecule has 3 amide bonds. The summed E-state index contributed by atoms with van der Waals surface area (Å²) in [5, 5.41) is 0. The lowest BCUT2D eigenvalue weighted by Crippen LogP contribution is -2.75. The van der Waals surface area contributed by atoms with Crippen LogP contribution in [0, 0.1) is 0 Å². The van der Waals surface area contributed by atoms with E-state index in [1.807, 2.05) is 13.0 Å². The van der Waals surface area contributed by atoms with Crippen LogP contribution in [0.4, 0.5) is 0 Å².